The van der Waals surface area contributed by atoms with E-state index in [1.165, 1.54) is 6.21 Å². The Bertz CT molecular complexity index is 1080. The van der Waals surface area contributed by atoms with Crippen LogP contribution in [0.25, 0.3) is 16.9 Å². The van der Waals surface area contributed by atoms with Crippen molar-refractivity contribution in [1.82, 2.24) is 14.3 Å². The van der Waals surface area contributed by atoms with Gasteiger partial charge in [0.15, 0.2) is 0 Å². The van der Waals surface area contributed by atoms with Crippen LogP contribution in [0.4, 0.5) is 11.4 Å². The first-order valence-corrected chi connectivity index (χ1v) is 9.38. The van der Waals surface area contributed by atoms with Crippen molar-refractivity contribution in [2.45, 2.75) is 0 Å². The highest BCUT2D eigenvalue weighted by atomic mass is 16.1. The summed E-state index contributed by atoms with van der Waals surface area (Å²) in [5.74, 6) is 0. The van der Waals surface area contributed by atoms with Gasteiger partial charge in [0.25, 0.3) is 5.56 Å². The second-order valence-corrected chi connectivity index (χ2v) is 7.08. The van der Waals surface area contributed by atoms with Crippen molar-refractivity contribution in [3.8, 4) is 11.3 Å². The van der Waals surface area contributed by atoms with Crippen molar-refractivity contribution >= 4 is 23.2 Å². The lowest BCUT2D eigenvalue weighted by molar-refractivity contribution is 0.313. The molecule has 3 heterocycles. The molecule has 7 nitrogen and oxygen atoms in total. The van der Waals surface area contributed by atoms with Gasteiger partial charge in [-0.05, 0) is 31.3 Å². The summed E-state index contributed by atoms with van der Waals surface area (Å²) >= 11 is 0. The van der Waals surface area contributed by atoms with Crippen LogP contribution in [0.2, 0.25) is 0 Å². The summed E-state index contributed by atoms with van der Waals surface area (Å²) in [5, 5.41) is 10.7. The SMILES string of the molecule is CNc1ccc(-c2cc(=O)n3cc(N4CCN(C)CC4)ccc3n2)cc1C=N. The van der Waals surface area contributed by atoms with E-state index in [1.807, 2.05) is 43.6 Å². The summed E-state index contributed by atoms with van der Waals surface area (Å²) in [7, 11) is 3.95. The number of nitrogens with zero attached hydrogens (tertiary/aromatic N) is 4. The van der Waals surface area contributed by atoms with Gasteiger partial charge in [0.05, 0.1) is 11.4 Å². The highest BCUT2D eigenvalue weighted by Crippen LogP contribution is 2.23. The summed E-state index contributed by atoms with van der Waals surface area (Å²) in [6.45, 7) is 3.93. The van der Waals surface area contributed by atoms with Gasteiger partial charge in [-0.3, -0.25) is 9.20 Å². The van der Waals surface area contributed by atoms with Crippen LogP contribution in [0, 0.1) is 5.41 Å². The lowest BCUT2D eigenvalue weighted by Crippen LogP contribution is -2.44. The fraction of sp³-hybridized carbons (Fsp3) is 0.286. The highest BCUT2D eigenvalue weighted by molar-refractivity contribution is 5.88. The number of benzene rings is 1. The number of hydrogen-bond donors (Lipinski definition) is 2. The molecule has 0 unspecified atom stereocenters. The quantitative estimate of drug-likeness (QED) is 0.683. The fourth-order valence-electron chi connectivity index (χ4n) is 3.56. The average molecular weight is 376 g/mol. The van der Waals surface area contributed by atoms with Crippen LogP contribution < -0.4 is 15.8 Å². The first-order valence-electron chi connectivity index (χ1n) is 9.38. The largest absolute Gasteiger partial charge is 0.388 e. The van der Waals surface area contributed by atoms with Crippen LogP contribution in [0.1, 0.15) is 5.56 Å². The molecule has 0 radical (unpaired) electrons. The number of rotatable bonds is 4. The van der Waals surface area contributed by atoms with E-state index in [1.54, 1.807) is 10.5 Å². The average Bonchev–Trinajstić information content (AvgIpc) is 2.73. The van der Waals surface area contributed by atoms with E-state index in [4.69, 9.17) is 5.41 Å². The van der Waals surface area contributed by atoms with Gasteiger partial charge < -0.3 is 20.5 Å². The molecule has 0 amide bonds. The van der Waals surface area contributed by atoms with E-state index in [-0.39, 0.29) is 5.56 Å². The highest BCUT2D eigenvalue weighted by Gasteiger charge is 2.15. The number of likely N-dealkylation sites (N-methyl/N-ethyl adjacent to an activating group) is 1. The van der Waals surface area contributed by atoms with Gasteiger partial charge in [-0.25, -0.2) is 4.98 Å². The van der Waals surface area contributed by atoms with Crippen molar-refractivity contribution in [2.24, 2.45) is 0 Å². The maximum atomic E-state index is 12.8. The Kier molecular flexibility index (Phi) is 4.83. The van der Waals surface area contributed by atoms with E-state index >= 15 is 0 Å². The van der Waals surface area contributed by atoms with Crippen molar-refractivity contribution < 1.29 is 0 Å². The van der Waals surface area contributed by atoms with E-state index in [2.05, 4.69) is 27.1 Å². The Hall–Kier alpha value is -3.19. The fourth-order valence-corrected chi connectivity index (χ4v) is 3.56. The van der Waals surface area contributed by atoms with E-state index in [0.717, 1.165) is 48.7 Å². The molecule has 1 fully saturated rings. The Labute approximate surface area is 163 Å². The maximum Gasteiger partial charge on any atom is 0.258 e. The van der Waals surface area contributed by atoms with Crippen LogP contribution in [0.3, 0.4) is 0 Å². The predicted octanol–water partition coefficient (Wildman–Crippen LogP) is 2.15. The minimum absolute atomic E-state index is 0.106. The van der Waals surface area contributed by atoms with Crippen molar-refractivity contribution in [3.05, 3.63) is 58.5 Å². The molecule has 0 aliphatic carbocycles. The molecule has 0 spiro atoms. The van der Waals surface area contributed by atoms with E-state index in [9.17, 15) is 4.79 Å². The third-order valence-corrected chi connectivity index (χ3v) is 5.28. The van der Waals surface area contributed by atoms with Crippen molar-refractivity contribution in [2.75, 3.05) is 50.5 Å². The number of nitrogens with one attached hydrogen (secondary N) is 2. The van der Waals surface area contributed by atoms with Crippen LogP contribution >= 0.6 is 0 Å². The molecular weight excluding hydrogens is 352 g/mol. The van der Waals surface area contributed by atoms with Crippen molar-refractivity contribution in [3.63, 3.8) is 0 Å². The first-order chi connectivity index (χ1) is 13.6. The van der Waals surface area contributed by atoms with Crippen LogP contribution in [-0.2, 0) is 0 Å². The number of anilines is 2. The number of aromatic nitrogens is 2. The molecule has 2 aromatic heterocycles. The summed E-state index contributed by atoms with van der Waals surface area (Å²) < 4.78 is 1.61. The molecule has 1 aliphatic heterocycles. The summed E-state index contributed by atoms with van der Waals surface area (Å²) in [6, 6.07) is 11.2. The monoisotopic (exact) mass is 376 g/mol. The molecule has 1 aromatic carbocycles. The van der Waals surface area contributed by atoms with Gasteiger partial charge in [-0.2, -0.15) is 0 Å². The molecule has 0 saturated carbocycles. The first kappa shape index (κ1) is 18.2. The number of hydrogen-bond acceptors (Lipinski definition) is 6. The minimum atomic E-state index is -0.106. The predicted molar refractivity (Wildman–Crippen MR) is 114 cm³/mol. The molecule has 2 N–H and O–H groups in total. The molecule has 1 saturated heterocycles. The van der Waals surface area contributed by atoms with Gasteiger partial charge in [0, 0.05) is 68.5 Å². The zero-order valence-electron chi connectivity index (χ0n) is 16.1. The topological polar surface area (TPSA) is 76.7 Å². The molecule has 4 rings (SSSR count). The molecule has 28 heavy (non-hydrogen) atoms. The Balaban J connectivity index is 1.72. The Morgan fingerprint density at radius 2 is 1.89 bits per heavy atom. The zero-order chi connectivity index (χ0) is 19.7. The minimum Gasteiger partial charge on any atom is -0.388 e. The third-order valence-electron chi connectivity index (χ3n) is 5.28. The molecule has 144 valence electrons. The number of fused-ring (bicyclic) bond motifs is 1. The summed E-state index contributed by atoms with van der Waals surface area (Å²) in [4.78, 5) is 22.1. The second-order valence-electron chi connectivity index (χ2n) is 7.08. The lowest BCUT2D eigenvalue weighted by atomic mass is 10.1. The third kappa shape index (κ3) is 3.36. The van der Waals surface area contributed by atoms with Crippen LogP contribution in [0.5, 0.6) is 0 Å². The number of piperazine rings is 1. The molecule has 0 atom stereocenters. The number of pyridine rings is 1. The molecule has 0 bridgehead atoms. The zero-order valence-corrected chi connectivity index (χ0v) is 16.1. The maximum absolute atomic E-state index is 12.8. The summed E-state index contributed by atoms with van der Waals surface area (Å²) in [5.41, 5.74) is 4.62. The molecule has 7 heteroatoms. The van der Waals surface area contributed by atoms with Crippen molar-refractivity contribution in [1.29, 1.82) is 5.41 Å². The molecule has 1 aliphatic rings. The molecular formula is C21H24N6O. The second kappa shape index (κ2) is 7.44. The van der Waals surface area contributed by atoms with Gasteiger partial charge in [-0.15, -0.1) is 0 Å². The molecule has 3 aromatic rings. The summed E-state index contributed by atoms with van der Waals surface area (Å²) in [6.07, 6.45) is 3.18. The standard InChI is InChI=1S/C21H24N6O/c1-23-18-5-3-15(11-16(18)13-22)19-12-21(28)27-14-17(4-6-20(27)24-19)26-9-7-25(2)8-10-26/h3-6,11-14,22-23H,7-10H2,1-2H3. The van der Waals surface area contributed by atoms with E-state index < -0.39 is 0 Å². The van der Waals surface area contributed by atoms with Gasteiger partial charge in [0.1, 0.15) is 5.65 Å². The normalized spacial score (nSPS) is 15.0. The van der Waals surface area contributed by atoms with E-state index in [0.29, 0.717) is 11.3 Å². The Morgan fingerprint density at radius 3 is 2.61 bits per heavy atom. The lowest BCUT2D eigenvalue weighted by Gasteiger charge is -2.34. The van der Waals surface area contributed by atoms with Gasteiger partial charge in [-0.1, -0.05) is 6.07 Å². The van der Waals surface area contributed by atoms with Gasteiger partial charge in [0.2, 0.25) is 0 Å². The van der Waals surface area contributed by atoms with Crippen LogP contribution in [-0.4, -0.2) is 60.8 Å². The van der Waals surface area contributed by atoms with Crippen LogP contribution in [0.15, 0.2) is 47.4 Å². The smallest absolute Gasteiger partial charge is 0.258 e. The Morgan fingerprint density at radius 1 is 1.11 bits per heavy atom. The van der Waals surface area contributed by atoms with Gasteiger partial charge >= 0.3 is 0 Å².